The number of benzene rings is 1. The maximum atomic E-state index is 14.6. The van der Waals surface area contributed by atoms with Gasteiger partial charge in [-0.15, -0.1) is 0 Å². The number of hydrogen-bond acceptors (Lipinski definition) is 12. The van der Waals surface area contributed by atoms with Crippen molar-refractivity contribution in [3.63, 3.8) is 0 Å². The summed E-state index contributed by atoms with van der Waals surface area (Å²) in [7, 11) is 1.50. The zero-order valence-electron chi connectivity index (χ0n) is 34.9. The first-order chi connectivity index (χ1) is 26.3. The predicted octanol–water partition coefficient (Wildman–Crippen LogP) is 5.83. The molecular weight excluding hydrogens is 718 g/mol. The van der Waals surface area contributed by atoms with E-state index in [1.807, 2.05) is 51.1 Å². The van der Waals surface area contributed by atoms with E-state index < -0.39 is 83.4 Å². The standard InChI is InChI=1S/C43H63N3O10/c1-23(2)32-21-25(4)53-40(36(32)49)55-38-27(6)35(48)28(7)39(50)54-29(8)43(10)37(26(5)34(47)24(3)22-42(38,9)52-11)46(41(51)56-43)45-19-14-15-30-18-20-44-33-17-13-12-16-31(30)33/h12-13,16-18,20,23-29,32,36-38,40,45,49H,14-15,19,21-22H2,1-11H3/t24-,25-,26+,27+,28-,29-,32-,36-,37-,38-,40+,42-,43-/m1/s1. The topological polar surface area (TPSA) is 163 Å². The number of nitrogens with zero attached hydrogens (tertiary/aromatic N) is 2. The van der Waals surface area contributed by atoms with Crippen molar-refractivity contribution in [1.82, 2.24) is 15.4 Å². The van der Waals surface area contributed by atoms with Gasteiger partial charge in [-0.25, -0.2) is 15.2 Å². The van der Waals surface area contributed by atoms with Crippen molar-refractivity contribution in [1.29, 1.82) is 0 Å². The van der Waals surface area contributed by atoms with Crippen LogP contribution in [0.5, 0.6) is 0 Å². The van der Waals surface area contributed by atoms with E-state index in [4.69, 9.17) is 23.7 Å². The number of pyridine rings is 1. The highest BCUT2D eigenvalue weighted by Crippen LogP contribution is 2.42. The molecule has 1 aromatic heterocycles. The number of ether oxygens (including phenoxy) is 5. The Balaban J connectivity index is 1.44. The fourth-order valence-corrected chi connectivity index (χ4v) is 9.21. The Morgan fingerprint density at radius 2 is 1.70 bits per heavy atom. The quantitative estimate of drug-likeness (QED) is 0.178. The van der Waals surface area contributed by atoms with Gasteiger partial charge in [0.2, 0.25) is 0 Å². The number of aliphatic hydroxyl groups is 1. The molecule has 13 heteroatoms. The summed E-state index contributed by atoms with van der Waals surface area (Å²) in [5.41, 5.74) is 2.56. The SMILES string of the molecule is CO[C@]1(C)C[C@@H](C)C(=O)[C@H](C)[C@H]2N(NCCCc3ccnc4ccccc34)C(=O)O[C@]2(C)[C@@H](C)OC(=O)[C@H](C)C(=O)[C@H](C)[C@H]1O[C@@H]1O[C@H](C)C[C@H](C(C)C)[C@H]1O. The summed E-state index contributed by atoms with van der Waals surface area (Å²) >= 11 is 0. The average molecular weight is 782 g/mol. The molecule has 0 spiro atoms. The fourth-order valence-electron chi connectivity index (χ4n) is 9.21. The number of carbonyl (C=O) groups excluding carboxylic acids is 4. The number of fused-ring (bicyclic) bond motifs is 2. The molecule has 3 fully saturated rings. The highest BCUT2D eigenvalue weighted by atomic mass is 16.7. The molecule has 0 saturated carbocycles. The molecule has 5 rings (SSSR count). The Labute approximate surface area is 331 Å². The van der Waals surface area contributed by atoms with Crippen molar-refractivity contribution >= 4 is 34.5 Å². The first-order valence-electron chi connectivity index (χ1n) is 20.2. The minimum absolute atomic E-state index is 0.114. The van der Waals surface area contributed by atoms with Crippen molar-refractivity contribution in [2.75, 3.05) is 13.7 Å². The van der Waals surface area contributed by atoms with Gasteiger partial charge < -0.3 is 28.8 Å². The normalized spacial score (nSPS) is 37.7. The lowest BCUT2D eigenvalue weighted by Crippen LogP contribution is -2.60. The molecule has 1 amide bonds. The molecule has 3 saturated heterocycles. The third-order valence-corrected chi connectivity index (χ3v) is 12.8. The molecule has 0 radical (unpaired) electrons. The second-order valence-electron chi connectivity index (χ2n) is 17.2. The number of aromatic nitrogens is 1. The number of amides is 1. The zero-order valence-corrected chi connectivity index (χ0v) is 34.9. The number of esters is 1. The first kappa shape index (κ1) is 43.6. The van der Waals surface area contributed by atoms with E-state index >= 15 is 0 Å². The minimum Gasteiger partial charge on any atom is -0.458 e. The number of para-hydroxylation sites is 1. The lowest BCUT2D eigenvalue weighted by atomic mass is 9.73. The van der Waals surface area contributed by atoms with Crippen LogP contribution in [0, 0.1) is 35.5 Å². The number of hydrazine groups is 1. The number of nitrogens with one attached hydrogen (secondary N) is 1. The van der Waals surface area contributed by atoms with Gasteiger partial charge in [0.05, 0.1) is 23.3 Å². The Kier molecular flexibility index (Phi) is 13.7. The van der Waals surface area contributed by atoms with Crippen molar-refractivity contribution < 1.29 is 48.0 Å². The van der Waals surface area contributed by atoms with Crippen LogP contribution in [-0.2, 0) is 44.5 Å². The molecular formula is C43H63N3O10. The van der Waals surface area contributed by atoms with E-state index in [0.29, 0.717) is 25.8 Å². The summed E-state index contributed by atoms with van der Waals surface area (Å²) < 4.78 is 30.9. The number of cyclic esters (lactones) is 1. The average Bonchev–Trinajstić information content (AvgIpc) is 3.43. The number of methoxy groups -OCH3 is 1. The third kappa shape index (κ3) is 8.67. The highest BCUT2D eigenvalue weighted by molar-refractivity contribution is 6.00. The largest absolute Gasteiger partial charge is 0.458 e. The number of ketones is 2. The number of Topliss-reactive ketones (excluding diaryl/α,β-unsaturated/α-hetero) is 2. The molecule has 3 aliphatic heterocycles. The number of rotatable bonds is 9. The summed E-state index contributed by atoms with van der Waals surface area (Å²) in [6, 6.07) is 9.03. The van der Waals surface area contributed by atoms with E-state index in [1.54, 1.807) is 47.7 Å². The van der Waals surface area contributed by atoms with E-state index in [2.05, 4.69) is 10.4 Å². The van der Waals surface area contributed by atoms with Crippen molar-refractivity contribution in [3.8, 4) is 0 Å². The van der Waals surface area contributed by atoms with Gasteiger partial charge in [-0.3, -0.25) is 19.4 Å². The van der Waals surface area contributed by atoms with Crippen LogP contribution >= 0.6 is 0 Å². The van der Waals surface area contributed by atoms with E-state index in [0.717, 1.165) is 16.5 Å². The molecule has 0 aliphatic carbocycles. The predicted molar refractivity (Wildman–Crippen MR) is 209 cm³/mol. The monoisotopic (exact) mass is 781 g/mol. The van der Waals surface area contributed by atoms with Crippen molar-refractivity contribution in [2.45, 2.75) is 143 Å². The Hall–Kier alpha value is -3.49. The number of hydrogen-bond donors (Lipinski definition) is 2. The molecule has 13 atom stereocenters. The summed E-state index contributed by atoms with van der Waals surface area (Å²) in [4.78, 5) is 60.8. The van der Waals surface area contributed by atoms with Gasteiger partial charge in [0.1, 0.15) is 30.0 Å². The summed E-state index contributed by atoms with van der Waals surface area (Å²) in [6.07, 6.45) is -1.11. The maximum absolute atomic E-state index is 14.6. The van der Waals surface area contributed by atoms with Crippen LogP contribution in [0.4, 0.5) is 4.79 Å². The van der Waals surface area contributed by atoms with Gasteiger partial charge in [-0.05, 0) is 89.8 Å². The van der Waals surface area contributed by atoms with Gasteiger partial charge in [0.25, 0.3) is 0 Å². The van der Waals surface area contributed by atoms with Crippen LogP contribution in [0.25, 0.3) is 10.9 Å². The van der Waals surface area contributed by atoms with Crippen LogP contribution in [0.15, 0.2) is 36.5 Å². The fraction of sp³-hybridized carbons (Fsp3) is 0.698. The van der Waals surface area contributed by atoms with Crippen molar-refractivity contribution in [2.24, 2.45) is 35.5 Å². The smallest absolute Gasteiger partial charge is 0.425 e. The van der Waals surface area contributed by atoms with Gasteiger partial charge >= 0.3 is 12.1 Å². The Morgan fingerprint density at radius 1 is 1.00 bits per heavy atom. The molecule has 0 unspecified atom stereocenters. The highest BCUT2D eigenvalue weighted by Gasteiger charge is 2.60. The summed E-state index contributed by atoms with van der Waals surface area (Å²) in [6.45, 7) is 18.1. The van der Waals surface area contributed by atoms with E-state index in [-0.39, 0.29) is 30.1 Å². The molecule has 3 aliphatic rings. The van der Waals surface area contributed by atoms with Gasteiger partial charge in [-0.2, -0.15) is 0 Å². The van der Waals surface area contributed by atoms with E-state index in [9.17, 15) is 24.3 Å². The van der Waals surface area contributed by atoms with E-state index in [1.165, 1.54) is 19.0 Å². The number of aliphatic hydroxyl groups excluding tert-OH is 1. The second-order valence-corrected chi connectivity index (χ2v) is 17.2. The third-order valence-electron chi connectivity index (χ3n) is 12.8. The number of aryl methyl sites for hydroxylation is 1. The number of carbonyl (C=O) groups is 4. The first-order valence-corrected chi connectivity index (χ1v) is 20.2. The molecule has 13 nitrogen and oxygen atoms in total. The van der Waals surface area contributed by atoms with Gasteiger partial charge in [0, 0.05) is 43.0 Å². The van der Waals surface area contributed by atoms with Crippen LogP contribution in [0.3, 0.4) is 0 Å². The lowest BCUT2D eigenvalue weighted by molar-refractivity contribution is -0.299. The molecule has 1 aromatic carbocycles. The van der Waals surface area contributed by atoms with Gasteiger partial charge in [-0.1, -0.05) is 52.8 Å². The minimum atomic E-state index is -1.46. The molecule has 4 heterocycles. The Bertz CT molecular complexity index is 1730. The molecule has 2 aromatic rings. The maximum Gasteiger partial charge on any atom is 0.425 e. The van der Waals surface area contributed by atoms with Crippen LogP contribution < -0.4 is 5.43 Å². The molecule has 0 bridgehead atoms. The molecule has 56 heavy (non-hydrogen) atoms. The van der Waals surface area contributed by atoms with Gasteiger partial charge in [0.15, 0.2) is 17.7 Å². The Morgan fingerprint density at radius 3 is 2.38 bits per heavy atom. The molecule has 310 valence electrons. The summed E-state index contributed by atoms with van der Waals surface area (Å²) in [5, 5.41) is 13.9. The lowest BCUT2D eigenvalue weighted by Gasteiger charge is -2.46. The second kappa shape index (κ2) is 17.6. The van der Waals surface area contributed by atoms with Crippen LogP contribution in [-0.4, -0.2) is 100 Å². The molecule has 2 N–H and O–H groups in total. The summed E-state index contributed by atoms with van der Waals surface area (Å²) in [5.74, 6) is -5.03. The van der Waals surface area contributed by atoms with Crippen LogP contribution in [0.2, 0.25) is 0 Å². The van der Waals surface area contributed by atoms with Crippen LogP contribution in [0.1, 0.15) is 94.1 Å². The zero-order chi connectivity index (χ0) is 41.3. The van der Waals surface area contributed by atoms with Crippen molar-refractivity contribution in [3.05, 3.63) is 42.1 Å².